The van der Waals surface area contributed by atoms with Crippen molar-refractivity contribution in [1.29, 1.82) is 0 Å². The minimum absolute atomic E-state index is 0. The van der Waals surface area contributed by atoms with Crippen LogP contribution in [0.25, 0.3) is 0 Å². The zero-order valence-corrected chi connectivity index (χ0v) is 8.55. The molecule has 0 aliphatic carbocycles. The van der Waals surface area contributed by atoms with Crippen molar-refractivity contribution in [3.8, 4) is 0 Å². The van der Waals surface area contributed by atoms with Gasteiger partial charge in [-0.25, -0.2) is 0 Å². The largest absolute Gasteiger partial charge is 1.00 e. The maximum atomic E-state index is 3.31. The smallest absolute Gasteiger partial charge is 0.305 e. The van der Waals surface area contributed by atoms with Crippen molar-refractivity contribution >= 4 is 31.9 Å². The first-order chi connectivity index (χ1) is 3.27. The molecule has 0 aliphatic rings. The molecule has 0 atom stereocenters. The van der Waals surface area contributed by atoms with Crippen molar-refractivity contribution in [2.75, 3.05) is 0 Å². The second-order valence-corrected chi connectivity index (χ2v) is 4.42. The number of hydrogen-bond donors (Lipinski definition) is 0. The summed E-state index contributed by atoms with van der Waals surface area (Å²) in [4.78, 5) is 0. The molecule has 3 heteroatoms. The van der Waals surface area contributed by atoms with Crippen molar-refractivity contribution in [3.63, 3.8) is 0 Å². The van der Waals surface area contributed by atoms with Crippen molar-refractivity contribution < 1.29 is 18.9 Å². The Hall–Kier alpha value is 1.56. The molecule has 0 radical (unpaired) electrons. The van der Waals surface area contributed by atoms with E-state index in [4.69, 9.17) is 0 Å². The summed E-state index contributed by atoms with van der Waals surface area (Å²) in [6, 6.07) is 0. The molecule has 0 fully saturated rings. The van der Waals surface area contributed by atoms with Gasteiger partial charge in [-0.2, -0.15) is 10.2 Å². The summed E-state index contributed by atoms with van der Waals surface area (Å²) in [6.45, 7) is 2.18. The summed E-state index contributed by atoms with van der Waals surface area (Å²) < 4.78 is 1.18. The third-order valence-corrected chi connectivity index (χ3v) is 1.51. The average molecular weight is 236 g/mol. The van der Waals surface area contributed by atoms with Crippen molar-refractivity contribution in [2.45, 2.75) is 26.2 Å². The zero-order chi connectivity index (χ0) is 5.70. The van der Waals surface area contributed by atoms with Gasteiger partial charge in [0.2, 0.25) is 0 Å². The predicted molar refractivity (Wildman–Crippen MR) is 40.6 cm³/mol. The van der Waals surface area contributed by atoms with E-state index in [9.17, 15) is 0 Å². The molecular weight excluding hydrogens is 227 g/mol. The molecule has 0 rings (SSSR count). The molecule has 0 aliphatic heterocycles. The topological polar surface area (TPSA) is 0 Å². The molecule has 0 spiro atoms. The van der Waals surface area contributed by atoms with Crippen LogP contribution in [0.1, 0.15) is 26.2 Å². The van der Waals surface area contributed by atoms with Crippen LogP contribution in [0.2, 0.25) is 0 Å². The Morgan fingerprint density at radius 2 is 1.88 bits per heavy atom. The first kappa shape index (κ1) is 12.3. The molecule has 0 aromatic heterocycles. The molecule has 8 heavy (non-hydrogen) atoms. The van der Waals surface area contributed by atoms with E-state index >= 15 is 0 Å². The van der Waals surface area contributed by atoms with Crippen molar-refractivity contribution in [2.24, 2.45) is 0 Å². The van der Waals surface area contributed by atoms with E-state index in [0.717, 1.165) is 6.42 Å². The average Bonchev–Trinajstić information content (AvgIpc) is 1.61. The molecule has 0 aromatic carbocycles. The summed E-state index contributed by atoms with van der Waals surface area (Å²) in [5.74, 6) is 0. The van der Waals surface area contributed by atoms with E-state index in [1.54, 1.807) is 0 Å². The summed E-state index contributed by atoms with van der Waals surface area (Å²) in [5.41, 5.74) is 0. The third-order valence-electron chi connectivity index (χ3n) is 0.719. The molecule has 0 aromatic rings. The van der Waals surface area contributed by atoms with Gasteiger partial charge in [-0.3, -0.25) is 0 Å². The van der Waals surface area contributed by atoms with Gasteiger partial charge in [0.15, 0.2) is 0 Å². The molecular formula is C5H9Br2Li. The molecule has 0 saturated carbocycles. The Morgan fingerprint density at radius 3 is 2.00 bits per heavy atom. The fraction of sp³-hybridized carbons (Fsp3) is 0.800. The van der Waals surface area contributed by atoms with Crippen molar-refractivity contribution in [3.05, 3.63) is 3.74 Å². The Bertz CT molecular complexity index is 39.4. The monoisotopic (exact) mass is 234 g/mol. The van der Waals surface area contributed by atoms with Gasteiger partial charge in [0.25, 0.3) is 0 Å². The number of hydrogen-bond acceptors (Lipinski definition) is 0. The van der Waals surface area contributed by atoms with Gasteiger partial charge in [-0.1, -0.05) is 19.8 Å². The van der Waals surface area contributed by atoms with Crippen molar-refractivity contribution in [1.82, 2.24) is 0 Å². The first-order valence-electron chi connectivity index (χ1n) is 2.44. The maximum Gasteiger partial charge on any atom is 1.00 e. The van der Waals surface area contributed by atoms with Crippen LogP contribution in [-0.2, 0) is 0 Å². The van der Waals surface area contributed by atoms with E-state index < -0.39 is 0 Å². The maximum absolute atomic E-state index is 3.31. The van der Waals surface area contributed by atoms with Crippen LogP contribution in [0, 0.1) is 3.74 Å². The number of halogens is 2. The number of unbranched alkanes of at least 4 members (excludes halogenated alkanes) is 1. The van der Waals surface area contributed by atoms with Gasteiger partial charge in [0.1, 0.15) is 0 Å². The van der Waals surface area contributed by atoms with Crippen LogP contribution in [-0.4, -0.2) is 0 Å². The van der Waals surface area contributed by atoms with Crippen LogP contribution in [0.5, 0.6) is 0 Å². The first-order valence-corrected chi connectivity index (χ1v) is 4.02. The Labute approximate surface area is 80.2 Å². The third kappa shape index (κ3) is 10.5. The Kier molecular flexibility index (Phi) is 13.1. The molecule has 0 saturated heterocycles. The fourth-order valence-corrected chi connectivity index (χ4v) is 0.871. The molecule has 44 valence electrons. The molecule has 0 heterocycles. The van der Waals surface area contributed by atoms with E-state index in [-0.39, 0.29) is 18.9 Å². The van der Waals surface area contributed by atoms with Gasteiger partial charge in [-0.05, 0) is 0 Å². The van der Waals surface area contributed by atoms with E-state index in [0.29, 0.717) is 0 Å². The van der Waals surface area contributed by atoms with E-state index in [1.807, 2.05) is 0 Å². The van der Waals surface area contributed by atoms with Gasteiger partial charge < -0.3 is 31.9 Å². The molecule has 0 unspecified atom stereocenters. The quantitative estimate of drug-likeness (QED) is 0.493. The SMILES string of the molecule is CCCC[C-](Br)Br.[Li+]. The second kappa shape index (κ2) is 8.56. The summed E-state index contributed by atoms with van der Waals surface area (Å²) >= 11 is 6.62. The zero-order valence-electron chi connectivity index (χ0n) is 5.38. The predicted octanol–water partition coefficient (Wildman–Crippen LogP) is 0.460. The van der Waals surface area contributed by atoms with Crippen LogP contribution < -0.4 is 18.9 Å². The molecule has 0 N–H and O–H groups in total. The van der Waals surface area contributed by atoms with Crippen LogP contribution >= 0.6 is 31.9 Å². The van der Waals surface area contributed by atoms with E-state index in [1.165, 1.54) is 16.6 Å². The molecule has 0 amide bonds. The number of rotatable bonds is 3. The van der Waals surface area contributed by atoms with E-state index in [2.05, 4.69) is 38.8 Å². The Morgan fingerprint density at radius 1 is 1.38 bits per heavy atom. The molecule has 0 bridgehead atoms. The summed E-state index contributed by atoms with van der Waals surface area (Å²) in [7, 11) is 0. The summed E-state index contributed by atoms with van der Waals surface area (Å²) in [6.07, 6.45) is 3.68. The van der Waals surface area contributed by atoms with Crippen LogP contribution in [0.4, 0.5) is 0 Å². The summed E-state index contributed by atoms with van der Waals surface area (Å²) in [5, 5.41) is 0. The minimum Gasteiger partial charge on any atom is -0.305 e. The van der Waals surface area contributed by atoms with Gasteiger partial charge in [0, 0.05) is 0 Å². The fourth-order valence-electron chi connectivity index (χ4n) is 0.310. The Balaban J connectivity index is 0. The minimum atomic E-state index is 0. The normalized spacial score (nSPS) is 9.00. The standard InChI is InChI=1S/C5H9Br2.Li/c1-2-3-4-5(6)7;/h2-4H2,1H3;/q-1;+1. The van der Waals surface area contributed by atoms with Gasteiger partial charge >= 0.3 is 18.9 Å². The van der Waals surface area contributed by atoms with Crippen LogP contribution in [0.3, 0.4) is 0 Å². The van der Waals surface area contributed by atoms with Crippen LogP contribution in [0.15, 0.2) is 0 Å². The van der Waals surface area contributed by atoms with Gasteiger partial charge in [0.05, 0.1) is 0 Å². The molecule has 0 nitrogen and oxygen atoms in total. The van der Waals surface area contributed by atoms with Gasteiger partial charge in [-0.15, -0.1) is 0 Å². The second-order valence-electron chi connectivity index (χ2n) is 1.44.